The monoisotopic (exact) mass is 454 g/mol. The van der Waals surface area contributed by atoms with Crippen LogP contribution >= 0.6 is 0 Å². The molecule has 0 heterocycles. The molecule has 2 unspecified atom stereocenters. The molecule has 0 radical (unpaired) electrons. The summed E-state index contributed by atoms with van der Waals surface area (Å²) in [5.74, 6) is -2.12. The van der Waals surface area contributed by atoms with Crippen molar-refractivity contribution in [2.75, 3.05) is 0 Å². The first-order chi connectivity index (χ1) is 13.3. The van der Waals surface area contributed by atoms with E-state index in [-0.39, 0.29) is 49.9 Å². The molecule has 166 valence electrons. The van der Waals surface area contributed by atoms with E-state index in [0.717, 1.165) is 0 Å². The number of Topliss-reactive ketones (excluding diaryl/α,β-unsaturated/α-hetero) is 1. The molecule has 3 atom stereocenters. The zero-order valence-electron chi connectivity index (χ0n) is 19.0. The number of ketones is 1. The molecule has 9 nitrogen and oxygen atoms in total. The molecule has 0 spiro atoms. The smallest absolute Gasteiger partial charge is 1.00 e. The second-order valence-corrected chi connectivity index (χ2v) is 9.27. The van der Waals surface area contributed by atoms with Crippen LogP contribution in [0.5, 0.6) is 0 Å². The predicted octanol–water partition coefficient (Wildman–Crippen LogP) is -1.43. The number of hydrogen-bond donors (Lipinski definition) is 4. The van der Waals surface area contributed by atoms with Crippen LogP contribution in [0.15, 0.2) is 30.3 Å². The third kappa shape index (κ3) is 7.60. The first-order valence-corrected chi connectivity index (χ1v) is 10.7. The fourth-order valence-electron chi connectivity index (χ4n) is 2.77. The van der Waals surface area contributed by atoms with Gasteiger partial charge in [-0.1, -0.05) is 58.0 Å². The summed E-state index contributed by atoms with van der Waals surface area (Å²) in [5, 5.41) is 12.9. The number of amides is 1. The van der Waals surface area contributed by atoms with Gasteiger partial charge in [-0.15, -0.1) is 0 Å². The zero-order valence-corrected chi connectivity index (χ0v) is 20.8. The van der Waals surface area contributed by atoms with Crippen molar-refractivity contribution in [1.29, 1.82) is 0 Å². The summed E-state index contributed by atoms with van der Waals surface area (Å²) in [4.78, 5) is 21.9. The number of ether oxygens (including phenoxy) is 1. The summed E-state index contributed by atoms with van der Waals surface area (Å²) in [6.45, 7) is 6.40. The van der Waals surface area contributed by atoms with E-state index >= 15 is 0 Å². The summed E-state index contributed by atoms with van der Waals surface area (Å²) in [7, 11) is -5.29. The fourth-order valence-corrected chi connectivity index (χ4v) is 3.79. The molecular formula is C19H31N2NaO7S. The molecule has 0 aliphatic carbocycles. The van der Waals surface area contributed by atoms with Gasteiger partial charge in [0.25, 0.3) is 4.93 Å². The quantitative estimate of drug-likeness (QED) is 0.248. The third-order valence-electron chi connectivity index (χ3n) is 4.44. The van der Waals surface area contributed by atoms with Crippen molar-refractivity contribution in [1.82, 2.24) is 5.32 Å². The van der Waals surface area contributed by atoms with Gasteiger partial charge in [0.05, 0.1) is 12.1 Å². The van der Waals surface area contributed by atoms with E-state index in [4.69, 9.17) is 10.5 Å². The average molecular weight is 455 g/mol. The Hall–Kier alpha value is -1.01. The van der Waals surface area contributed by atoms with Crippen LogP contribution in [0.2, 0.25) is 0 Å². The Morgan fingerprint density at radius 2 is 1.73 bits per heavy atom. The Kier molecular flexibility index (Phi) is 11.7. The molecule has 30 heavy (non-hydrogen) atoms. The third-order valence-corrected chi connectivity index (χ3v) is 5.70. The minimum absolute atomic E-state index is 0. The van der Waals surface area contributed by atoms with Gasteiger partial charge in [0.15, 0.2) is 0 Å². The molecule has 1 aromatic rings. The second kappa shape index (κ2) is 12.1. The topological polar surface area (TPSA) is 156 Å². The molecule has 0 aromatic heterocycles. The van der Waals surface area contributed by atoms with Crippen molar-refractivity contribution < 1.29 is 63.4 Å². The number of nitrogens with one attached hydrogen (secondary N) is 1. The molecule has 11 heteroatoms. The molecule has 0 aliphatic rings. The largest absolute Gasteiger partial charge is 1.00 e. The summed E-state index contributed by atoms with van der Waals surface area (Å²) >= 11 is 0. The van der Waals surface area contributed by atoms with Crippen molar-refractivity contribution in [2.45, 2.75) is 57.7 Å². The van der Waals surface area contributed by atoms with Gasteiger partial charge in [0, 0.05) is 0 Å². The summed E-state index contributed by atoms with van der Waals surface area (Å²) in [6, 6.07) is 5.76. The van der Waals surface area contributed by atoms with Gasteiger partial charge in [-0.2, -0.15) is 8.42 Å². The minimum Gasteiger partial charge on any atom is -1.00 e. The van der Waals surface area contributed by atoms with Crippen molar-refractivity contribution in [3.8, 4) is 0 Å². The second-order valence-electron chi connectivity index (χ2n) is 7.69. The van der Waals surface area contributed by atoms with Crippen LogP contribution in [0.1, 0.15) is 41.1 Å². The van der Waals surface area contributed by atoms with Crippen LogP contribution in [0.25, 0.3) is 0 Å². The number of alkyl carbamates (subject to hydrolysis) is 1. The maximum Gasteiger partial charge on any atom is 1.00 e. The molecule has 1 rings (SSSR count). The van der Waals surface area contributed by atoms with E-state index in [1.54, 1.807) is 44.2 Å². The van der Waals surface area contributed by atoms with Gasteiger partial charge in [0.2, 0.25) is 5.78 Å². The Morgan fingerprint density at radius 3 is 2.17 bits per heavy atom. The number of hydrogen-bond acceptors (Lipinski definition) is 7. The van der Waals surface area contributed by atoms with Crippen LogP contribution in [-0.4, -0.2) is 47.0 Å². The van der Waals surface area contributed by atoms with Crippen molar-refractivity contribution in [2.24, 2.45) is 17.6 Å². The number of nitrogens with two attached hydrogens (primary N) is 1. The Bertz CT molecular complexity index is 809. The van der Waals surface area contributed by atoms with Crippen LogP contribution in [0.4, 0.5) is 4.79 Å². The van der Waals surface area contributed by atoms with Gasteiger partial charge in [-0.3, -0.25) is 9.35 Å². The molecule has 0 bridgehead atoms. The van der Waals surface area contributed by atoms with E-state index in [0.29, 0.717) is 5.56 Å². The molecule has 5 N–H and O–H groups in total. The maximum absolute atomic E-state index is 13.0. The van der Waals surface area contributed by atoms with E-state index in [1.807, 2.05) is 0 Å². The molecule has 0 saturated carbocycles. The van der Waals surface area contributed by atoms with E-state index < -0.39 is 44.9 Å². The van der Waals surface area contributed by atoms with Gasteiger partial charge in [-0.25, -0.2) is 4.79 Å². The number of benzene rings is 1. The fraction of sp³-hybridized carbons (Fsp3) is 0.579. The predicted molar refractivity (Wildman–Crippen MR) is 108 cm³/mol. The molecule has 0 fully saturated rings. The first kappa shape index (κ1) is 29.0. The summed E-state index contributed by atoms with van der Waals surface area (Å²) < 4.78 is 38.4. The van der Waals surface area contributed by atoms with E-state index in [2.05, 4.69) is 5.32 Å². The van der Waals surface area contributed by atoms with Gasteiger partial charge in [-0.05, 0) is 23.8 Å². The summed E-state index contributed by atoms with van der Waals surface area (Å²) in [6.07, 6.45) is -0.967. The summed E-state index contributed by atoms with van der Waals surface area (Å²) in [5.41, 5.74) is 6.48. The molecule has 0 aliphatic heterocycles. The van der Waals surface area contributed by atoms with Gasteiger partial charge >= 0.3 is 45.8 Å². The van der Waals surface area contributed by atoms with E-state index in [1.165, 1.54) is 13.8 Å². The number of carbonyl (C=O) groups excluding carboxylic acids is 2. The molecular weight excluding hydrogens is 423 g/mol. The SMILES string of the molecule is CC(C)C[C@H](NC(=O)OCc1ccccc1)C(=O)C(O)(C(N)C(C)C)S(=O)(=O)O.[H-].[Na+]. The molecule has 0 saturated heterocycles. The first-order valence-electron chi connectivity index (χ1n) is 9.27. The Labute approximate surface area is 201 Å². The van der Waals surface area contributed by atoms with Gasteiger partial charge < -0.3 is 22.3 Å². The van der Waals surface area contributed by atoms with Crippen LogP contribution in [-0.2, 0) is 26.3 Å². The molecule has 1 aromatic carbocycles. The van der Waals surface area contributed by atoms with Crippen LogP contribution < -0.4 is 40.6 Å². The standard InChI is InChI=1S/C19H30N2O7S.Na.H/c1-12(2)10-15(21-18(23)28-11-14-8-6-5-7-9-14)17(22)19(24,29(25,26)27)16(20)13(3)4;;/h5-9,12-13,15-16,24H,10-11,20H2,1-4H3,(H,21,23)(H,25,26,27);;/q;+1;-1/t15-,16?,19?;;/m0../s1. The van der Waals surface area contributed by atoms with Crippen molar-refractivity contribution in [3.63, 3.8) is 0 Å². The number of rotatable bonds is 10. The van der Waals surface area contributed by atoms with Gasteiger partial charge in [0.1, 0.15) is 6.61 Å². The van der Waals surface area contributed by atoms with Crippen LogP contribution in [0, 0.1) is 11.8 Å². The zero-order chi connectivity index (χ0) is 22.4. The average Bonchev–Trinajstić information content (AvgIpc) is 2.63. The number of aliphatic hydroxyl groups is 1. The number of carbonyl (C=O) groups is 2. The van der Waals surface area contributed by atoms with Crippen LogP contribution in [0.3, 0.4) is 0 Å². The Morgan fingerprint density at radius 1 is 1.20 bits per heavy atom. The van der Waals surface area contributed by atoms with E-state index in [9.17, 15) is 27.7 Å². The van der Waals surface area contributed by atoms with Crippen molar-refractivity contribution in [3.05, 3.63) is 35.9 Å². The van der Waals surface area contributed by atoms with Crippen molar-refractivity contribution >= 4 is 22.0 Å². The normalized spacial score (nSPS) is 15.6. The maximum atomic E-state index is 13.0. The minimum atomic E-state index is -5.29. The molecule has 1 amide bonds. The Balaban J connectivity index is 0.